The van der Waals surface area contributed by atoms with Gasteiger partial charge in [-0.1, -0.05) is 72.8 Å². The van der Waals surface area contributed by atoms with Gasteiger partial charge in [0.15, 0.2) is 0 Å². The molecule has 1 fully saturated rings. The van der Waals surface area contributed by atoms with Crippen molar-refractivity contribution >= 4 is 10.8 Å². The molecule has 1 unspecified atom stereocenters. The maximum Gasteiger partial charge on any atom is 0.0389 e. The summed E-state index contributed by atoms with van der Waals surface area (Å²) in [7, 11) is 0. The van der Waals surface area contributed by atoms with Crippen molar-refractivity contribution in [2.75, 3.05) is 26.2 Å². The quantitative estimate of drug-likeness (QED) is 0.782. The number of nitrogens with zero attached hydrogens (tertiary/aromatic N) is 1. The molecule has 0 saturated carbocycles. The van der Waals surface area contributed by atoms with Gasteiger partial charge in [0.1, 0.15) is 0 Å². The summed E-state index contributed by atoms with van der Waals surface area (Å²) in [5, 5.41) is 6.12. The molecule has 0 aromatic heterocycles. The van der Waals surface area contributed by atoms with E-state index in [1.807, 2.05) is 0 Å². The van der Waals surface area contributed by atoms with Gasteiger partial charge in [0, 0.05) is 32.2 Å². The fourth-order valence-corrected chi connectivity index (χ4v) is 3.72. The molecule has 0 bridgehead atoms. The lowest BCUT2D eigenvalue weighted by molar-refractivity contribution is 0.172. The van der Waals surface area contributed by atoms with Crippen molar-refractivity contribution in [2.45, 2.75) is 12.5 Å². The summed E-state index contributed by atoms with van der Waals surface area (Å²) in [5.74, 6) is 0. The summed E-state index contributed by atoms with van der Waals surface area (Å²) in [6.45, 7) is 4.41. The fraction of sp³-hybridized carbons (Fsp3) is 0.273. The minimum Gasteiger partial charge on any atom is -0.314 e. The normalized spacial score (nSPS) is 17.0. The van der Waals surface area contributed by atoms with E-state index in [1.54, 1.807) is 0 Å². The lowest BCUT2D eigenvalue weighted by Crippen LogP contribution is -2.45. The first-order valence-corrected chi connectivity index (χ1v) is 8.87. The highest BCUT2D eigenvalue weighted by Gasteiger charge is 2.22. The van der Waals surface area contributed by atoms with E-state index in [2.05, 4.69) is 83.0 Å². The molecule has 1 saturated heterocycles. The molecule has 4 rings (SSSR count). The second-order valence-corrected chi connectivity index (χ2v) is 6.60. The number of fused-ring (bicyclic) bond motifs is 1. The second-order valence-electron chi connectivity index (χ2n) is 6.60. The van der Waals surface area contributed by atoms with Crippen LogP contribution in [0.3, 0.4) is 0 Å². The SMILES string of the molecule is c1ccc(C(Cc2ccc3ccccc3c2)N2CCNCC2)cc1. The van der Waals surface area contributed by atoms with Crippen molar-refractivity contribution in [2.24, 2.45) is 0 Å². The molecular formula is C22H24N2. The van der Waals surface area contributed by atoms with Crippen molar-refractivity contribution in [3.63, 3.8) is 0 Å². The zero-order chi connectivity index (χ0) is 16.2. The highest BCUT2D eigenvalue weighted by Crippen LogP contribution is 2.27. The van der Waals surface area contributed by atoms with E-state index in [4.69, 9.17) is 0 Å². The van der Waals surface area contributed by atoms with Gasteiger partial charge in [-0.3, -0.25) is 4.90 Å². The summed E-state index contributed by atoms with van der Waals surface area (Å²) >= 11 is 0. The van der Waals surface area contributed by atoms with Crippen molar-refractivity contribution in [3.05, 3.63) is 83.9 Å². The first kappa shape index (κ1) is 15.4. The molecule has 1 aliphatic rings. The molecule has 2 nitrogen and oxygen atoms in total. The molecule has 1 N–H and O–H groups in total. The van der Waals surface area contributed by atoms with E-state index >= 15 is 0 Å². The lowest BCUT2D eigenvalue weighted by Gasteiger charge is -2.35. The van der Waals surface area contributed by atoms with Gasteiger partial charge in [0.05, 0.1) is 0 Å². The number of nitrogens with one attached hydrogen (secondary N) is 1. The molecule has 1 heterocycles. The van der Waals surface area contributed by atoms with Gasteiger partial charge >= 0.3 is 0 Å². The van der Waals surface area contributed by atoms with E-state index in [0.29, 0.717) is 6.04 Å². The Kier molecular flexibility index (Phi) is 4.59. The Hall–Kier alpha value is -2.16. The number of rotatable bonds is 4. The highest BCUT2D eigenvalue weighted by molar-refractivity contribution is 5.83. The molecule has 3 aromatic rings. The second kappa shape index (κ2) is 7.16. The van der Waals surface area contributed by atoms with Gasteiger partial charge < -0.3 is 5.32 Å². The van der Waals surface area contributed by atoms with Crippen LogP contribution in [0.2, 0.25) is 0 Å². The van der Waals surface area contributed by atoms with E-state index < -0.39 is 0 Å². The largest absolute Gasteiger partial charge is 0.314 e. The predicted molar refractivity (Wildman–Crippen MR) is 101 cm³/mol. The average molecular weight is 316 g/mol. The molecule has 1 aliphatic heterocycles. The molecule has 1 atom stereocenters. The Morgan fingerprint density at radius 1 is 0.792 bits per heavy atom. The lowest BCUT2D eigenvalue weighted by atomic mass is 9.95. The molecule has 2 heteroatoms. The zero-order valence-electron chi connectivity index (χ0n) is 14.0. The third kappa shape index (κ3) is 3.35. The molecular weight excluding hydrogens is 292 g/mol. The number of piperazine rings is 1. The van der Waals surface area contributed by atoms with E-state index in [1.165, 1.54) is 21.9 Å². The van der Waals surface area contributed by atoms with Crippen LogP contribution in [-0.2, 0) is 6.42 Å². The minimum absolute atomic E-state index is 0.453. The summed E-state index contributed by atoms with van der Waals surface area (Å²) < 4.78 is 0. The molecule has 122 valence electrons. The highest BCUT2D eigenvalue weighted by atomic mass is 15.2. The molecule has 24 heavy (non-hydrogen) atoms. The van der Waals surface area contributed by atoms with Crippen LogP contribution in [0, 0.1) is 0 Å². The van der Waals surface area contributed by atoms with Crippen molar-refractivity contribution in [1.29, 1.82) is 0 Å². The van der Waals surface area contributed by atoms with E-state index in [9.17, 15) is 0 Å². The first-order chi connectivity index (χ1) is 11.9. The van der Waals surface area contributed by atoms with E-state index in [0.717, 1.165) is 32.6 Å². The van der Waals surface area contributed by atoms with Crippen molar-refractivity contribution < 1.29 is 0 Å². The number of hydrogen-bond donors (Lipinski definition) is 1. The van der Waals surface area contributed by atoms with Gasteiger partial charge in [-0.05, 0) is 28.3 Å². The Morgan fingerprint density at radius 3 is 2.29 bits per heavy atom. The molecule has 0 aliphatic carbocycles. The van der Waals surface area contributed by atoms with Gasteiger partial charge in [-0.15, -0.1) is 0 Å². The van der Waals surface area contributed by atoms with E-state index in [-0.39, 0.29) is 0 Å². The van der Waals surface area contributed by atoms with Crippen LogP contribution in [0.1, 0.15) is 17.2 Å². The Balaban J connectivity index is 1.64. The van der Waals surface area contributed by atoms with Crippen molar-refractivity contribution in [1.82, 2.24) is 10.2 Å². The zero-order valence-corrected chi connectivity index (χ0v) is 14.0. The summed E-state index contributed by atoms with van der Waals surface area (Å²) in [5.41, 5.74) is 2.84. The van der Waals surface area contributed by atoms with Crippen molar-refractivity contribution in [3.8, 4) is 0 Å². The van der Waals surface area contributed by atoms with Crippen LogP contribution in [-0.4, -0.2) is 31.1 Å². The Labute approximate surface area is 144 Å². The number of benzene rings is 3. The van der Waals surface area contributed by atoms with Crippen LogP contribution < -0.4 is 5.32 Å². The van der Waals surface area contributed by atoms with Gasteiger partial charge in [-0.25, -0.2) is 0 Å². The van der Waals surface area contributed by atoms with Crippen LogP contribution in [0.25, 0.3) is 10.8 Å². The third-order valence-corrected chi connectivity index (χ3v) is 5.02. The predicted octanol–water partition coefficient (Wildman–Crippen LogP) is 4.03. The number of hydrogen-bond acceptors (Lipinski definition) is 2. The Bertz CT molecular complexity index is 791. The van der Waals surface area contributed by atoms with Crippen LogP contribution in [0.5, 0.6) is 0 Å². The summed E-state index contributed by atoms with van der Waals surface area (Å²) in [6, 6.07) is 26.9. The maximum absolute atomic E-state index is 3.47. The summed E-state index contributed by atoms with van der Waals surface area (Å²) in [6.07, 6.45) is 1.06. The monoisotopic (exact) mass is 316 g/mol. The standard InChI is InChI=1S/C22H24N2/c1-2-7-20(8-3-1)22(24-14-12-23-13-15-24)17-18-10-11-19-6-4-5-9-21(19)16-18/h1-11,16,22-23H,12-15,17H2. The minimum atomic E-state index is 0.453. The third-order valence-electron chi connectivity index (χ3n) is 5.02. The Morgan fingerprint density at radius 2 is 1.50 bits per heavy atom. The smallest absolute Gasteiger partial charge is 0.0389 e. The molecule has 3 aromatic carbocycles. The van der Waals surface area contributed by atoms with Crippen LogP contribution in [0.15, 0.2) is 72.8 Å². The van der Waals surface area contributed by atoms with Crippen LogP contribution >= 0.6 is 0 Å². The van der Waals surface area contributed by atoms with Crippen LogP contribution in [0.4, 0.5) is 0 Å². The fourth-order valence-electron chi connectivity index (χ4n) is 3.72. The molecule has 0 amide bonds. The summed E-state index contributed by atoms with van der Waals surface area (Å²) in [4.78, 5) is 2.63. The van der Waals surface area contributed by atoms with Gasteiger partial charge in [0.25, 0.3) is 0 Å². The van der Waals surface area contributed by atoms with Gasteiger partial charge in [-0.2, -0.15) is 0 Å². The molecule has 0 radical (unpaired) electrons. The molecule has 0 spiro atoms. The maximum atomic E-state index is 3.47. The average Bonchev–Trinajstić information content (AvgIpc) is 2.67. The topological polar surface area (TPSA) is 15.3 Å². The first-order valence-electron chi connectivity index (χ1n) is 8.87. The van der Waals surface area contributed by atoms with Gasteiger partial charge in [0.2, 0.25) is 0 Å².